The molecule has 0 bridgehead atoms. The van der Waals surface area contributed by atoms with E-state index in [1.165, 1.54) is 44.2 Å². The number of phenolic OH excluding ortho intramolecular Hbond substituents is 1. The zero-order chi connectivity index (χ0) is 14.7. The first kappa shape index (κ1) is 17.5. The lowest BCUT2D eigenvalue weighted by molar-refractivity contribution is 0.103. The zero-order valence-electron chi connectivity index (χ0n) is 12.9. The Labute approximate surface area is 138 Å². The smallest absolute Gasteiger partial charge is 0.165 e. The van der Waals surface area contributed by atoms with Crippen LogP contribution in [0.3, 0.4) is 0 Å². The highest BCUT2D eigenvalue weighted by Crippen LogP contribution is 2.39. The Hall–Kier alpha value is -0.840. The Balaban J connectivity index is 0.00000176. The van der Waals surface area contributed by atoms with E-state index in [4.69, 9.17) is 0 Å². The molecule has 3 nitrogen and oxygen atoms in total. The van der Waals surface area contributed by atoms with Gasteiger partial charge in [0.15, 0.2) is 11.6 Å². The Bertz CT molecular complexity index is 456. The first-order valence-corrected chi connectivity index (χ1v) is 8.19. The molecule has 2 aliphatic rings. The molecule has 1 aromatic rings. The summed E-state index contributed by atoms with van der Waals surface area (Å²) in [7, 11) is 0. The number of benzene rings is 1. The van der Waals surface area contributed by atoms with Crippen LogP contribution in [0.5, 0.6) is 5.75 Å². The molecule has 1 heterocycles. The molecule has 5 heteroatoms. The summed E-state index contributed by atoms with van der Waals surface area (Å²) in [5.74, 6) is -0.134. The second-order valence-corrected chi connectivity index (χ2v) is 6.34. The molecule has 1 aliphatic heterocycles. The normalized spacial score (nSPS) is 22.0. The summed E-state index contributed by atoms with van der Waals surface area (Å²) in [4.78, 5) is 2.50. The average molecular weight is 329 g/mol. The van der Waals surface area contributed by atoms with Crippen LogP contribution in [-0.4, -0.2) is 36.2 Å². The molecule has 3 rings (SSSR count). The number of hydrogen-bond donors (Lipinski definition) is 2. The van der Waals surface area contributed by atoms with Gasteiger partial charge in [0.1, 0.15) is 0 Å². The third kappa shape index (κ3) is 3.92. The summed E-state index contributed by atoms with van der Waals surface area (Å²) in [5, 5.41) is 12.8. The monoisotopic (exact) mass is 328 g/mol. The van der Waals surface area contributed by atoms with Crippen molar-refractivity contribution < 1.29 is 9.50 Å². The lowest BCUT2D eigenvalue weighted by Gasteiger charge is -2.41. The topological polar surface area (TPSA) is 35.5 Å². The van der Waals surface area contributed by atoms with Gasteiger partial charge in [-0.15, -0.1) is 12.4 Å². The van der Waals surface area contributed by atoms with Gasteiger partial charge < -0.3 is 10.4 Å². The molecule has 0 radical (unpaired) electrons. The number of phenols is 1. The fourth-order valence-electron chi connectivity index (χ4n) is 3.90. The minimum Gasteiger partial charge on any atom is -0.505 e. The SMILES string of the molecule is Cl.Oc1ccc([C@H](C2CCCCC2)N2CCNCC2)cc1F. The van der Waals surface area contributed by atoms with Crippen LogP contribution < -0.4 is 5.32 Å². The van der Waals surface area contributed by atoms with E-state index in [0.29, 0.717) is 12.0 Å². The first-order chi connectivity index (χ1) is 10.3. The Morgan fingerprint density at radius 2 is 1.82 bits per heavy atom. The van der Waals surface area contributed by atoms with Crippen LogP contribution in [-0.2, 0) is 0 Å². The lowest BCUT2D eigenvalue weighted by atomic mass is 9.80. The van der Waals surface area contributed by atoms with Crippen LogP contribution in [0.15, 0.2) is 18.2 Å². The molecule has 1 saturated carbocycles. The van der Waals surface area contributed by atoms with Crippen LogP contribution in [0.25, 0.3) is 0 Å². The van der Waals surface area contributed by atoms with Gasteiger partial charge in [-0.2, -0.15) is 0 Å². The van der Waals surface area contributed by atoms with Crippen molar-refractivity contribution in [3.8, 4) is 5.75 Å². The summed E-state index contributed by atoms with van der Waals surface area (Å²) in [6.07, 6.45) is 6.37. The molecule has 1 aliphatic carbocycles. The molecule has 0 amide bonds. The van der Waals surface area contributed by atoms with Gasteiger partial charge in [0.05, 0.1) is 0 Å². The van der Waals surface area contributed by atoms with Crippen LogP contribution in [0.2, 0.25) is 0 Å². The number of rotatable bonds is 3. The van der Waals surface area contributed by atoms with Crippen LogP contribution in [0.4, 0.5) is 4.39 Å². The molecule has 1 aromatic carbocycles. The standard InChI is InChI=1S/C17H25FN2O.ClH/c18-15-12-14(6-7-16(15)21)17(13-4-2-1-3-5-13)20-10-8-19-9-11-20;/h6-7,12-13,17,19,21H,1-5,8-11H2;1H/t17-;/m0./s1. The fourth-order valence-corrected chi connectivity index (χ4v) is 3.90. The zero-order valence-corrected chi connectivity index (χ0v) is 13.7. The predicted octanol–water partition coefficient (Wildman–Crippen LogP) is 3.48. The molecule has 0 spiro atoms. The largest absolute Gasteiger partial charge is 0.505 e. The molecule has 1 atom stereocenters. The maximum Gasteiger partial charge on any atom is 0.165 e. The summed E-state index contributed by atoms with van der Waals surface area (Å²) in [5.41, 5.74) is 1.03. The van der Waals surface area contributed by atoms with Crippen molar-refractivity contribution in [2.24, 2.45) is 5.92 Å². The van der Waals surface area contributed by atoms with Crippen LogP contribution >= 0.6 is 12.4 Å². The number of hydrogen-bond acceptors (Lipinski definition) is 3. The van der Waals surface area contributed by atoms with E-state index >= 15 is 0 Å². The highest BCUT2D eigenvalue weighted by molar-refractivity contribution is 5.85. The number of nitrogens with zero attached hydrogens (tertiary/aromatic N) is 1. The minimum absolute atomic E-state index is 0. The van der Waals surface area contributed by atoms with Gasteiger partial charge >= 0.3 is 0 Å². The number of aromatic hydroxyl groups is 1. The van der Waals surface area contributed by atoms with Crippen molar-refractivity contribution in [3.05, 3.63) is 29.6 Å². The minimum atomic E-state index is -0.497. The van der Waals surface area contributed by atoms with Gasteiger partial charge in [0.2, 0.25) is 0 Å². The summed E-state index contributed by atoms with van der Waals surface area (Å²) in [6, 6.07) is 5.24. The van der Waals surface area contributed by atoms with Crippen molar-refractivity contribution in [1.29, 1.82) is 0 Å². The maximum absolute atomic E-state index is 13.8. The molecule has 0 aromatic heterocycles. The lowest BCUT2D eigenvalue weighted by Crippen LogP contribution is -2.47. The summed E-state index contributed by atoms with van der Waals surface area (Å²) < 4.78 is 13.8. The summed E-state index contributed by atoms with van der Waals surface area (Å²) in [6.45, 7) is 4.04. The van der Waals surface area contributed by atoms with E-state index in [1.54, 1.807) is 0 Å². The van der Waals surface area contributed by atoms with Crippen molar-refractivity contribution in [2.75, 3.05) is 26.2 Å². The Morgan fingerprint density at radius 3 is 2.45 bits per heavy atom. The highest BCUT2D eigenvalue weighted by atomic mass is 35.5. The van der Waals surface area contributed by atoms with Gasteiger partial charge in [-0.1, -0.05) is 25.3 Å². The number of piperazine rings is 1. The van der Waals surface area contributed by atoms with Crippen molar-refractivity contribution in [3.63, 3.8) is 0 Å². The van der Waals surface area contributed by atoms with Gasteiger partial charge in [0, 0.05) is 32.2 Å². The van der Waals surface area contributed by atoms with Crippen LogP contribution in [0, 0.1) is 11.7 Å². The third-order valence-corrected chi connectivity index (χ3v) is 4.95. The van der Waals surface area contributed by atoms with Crippen LogP contribution in [0.1, 0.15) is 43.7 Å². The van der Waals surface area contributed by atoms with E-state index in [-0.39, 0.29) is 18.2 Å². The quantitative estimate of drug-likeness (QED) is 0.891. The van der Waals surface area contributed by atoms with Crippen molar-refractivity contribution >= 4 is 12.4 Å². The predicted molar refractivity (Wildman–Crippen MR) is 89.1 cm³/mol. The van der Waals surface area contributed by atoms with Crippen molar-refractivity contribution in [2.45, 2.75) is 38.1 Å². The van der Waals surface area contributed by atoms with Gasteiger partial charge in [-0.25, -0.2) is 4.39 Å². The van der Waals surface area contributed by atoms with Gasteiger partial charge in [-0.05, 0) is 36.5 Å². The molecular weight excluding hydrogens is 303 g/mol. The molecule has 1 saturated heterocycles. The fraction of sp³-hybridized carbons (Fsp3) is 0.647. The van der Waals surface area contributed by atoms with E-state index < -0.39 is 5.82 Å². The second-order valence-electron chi connectivity index (χ2n) is 6.34. The molecule has 124 valence electrons. The van der Waals surface area contributed by atoms with Gasteiger partial charge in [-0.3, -0.25) is 4.90 Å². The molecular formula is C17H26ClFN2O. The average Bonchev–Trinajstić information content (AvgIpc) is 2.53. The second kappa shape index (κ2) is 8.14. The number of nitrogens with one attached hydrogen (secondary N) is 1. The summed E-state index contributed by atoms with van der Waals surface area (Å²) >= 11 is 0. The van der Waals surface area contributed by atoms with E-state index in [9.17, 15) is 9.50 Å². The third-order valence-electron chi connectivity index (χ3n) is 4.95. The molecule has 22 heavy (non-hydrogen) atoms. The van der Waals surface area contributed by atoms with E-state index in [2.05, 4.69) is 10.2 Å². The Kier molecular flexibility index (Phi) is 6.48. The maximum atomic E-state index is 13.8. The first-order valence-electron chi connectivity index (χ1n) is 8.19. The van der Waals surface area contributed by atoms with E-state index in [0.717, 1.165) is 31.7 Å². The van der Waals surface area contributed by atoms with Crippen molar-refractivity contribution in [1.82, 2.24) is 10.2 Å². The molecule has 2 N–H and O–H groups in total. The number of halogens is 2. The molecule has 0 unspecified atom stereocenters. The highest BCUT2D eigenvalue weighted by Gasteiger charge is 2.31. The van der Waals surface area contributed by atoms with E-state index in [1.807, 2.05) is 6.07 Å². The Morgan fingerprint density at radius 1 is 1.14 bits per heavy atom. The van der Waals surface area contributed by atoms with Gasteiger partial charge in [0.25, 0.3) is 0 Å². The molecule has 2 fully saturated rings.